The SMILES string of the molecule is CNCC(O)CN(C(=O)OC(C)(C)C)C(C)C. The van der Waals surface area contributed by atoms with E-state index >= 15 is 0 Å². The number of likely N-dealkylation sites (N-methyl/N-ethyl adjacent to an activating group) is 1. The maximum absolute atomic E-state index is 11.9. The number of aliphatic hydroxyl groups is 1. The minimum atomic E-state index is -0.588. The standard InChI is InChI=1S/C12H26N2O3/c1-9(2)14(8-10(15)7-13-6)11(16)17-12(3,4)5/h9-10,13,15H,7-8H2,1-6H3. The molecule has 0 aromatic heterocycles. The summed E-state index contributed by atoms with van der Waals surface area (Å²) >= 11 is 0. The summed E-state index contributed by atoms with van der Waals surface area (Å²) in [6.07, 6.45) is -0.974. The van der Waals surface area contributed by atoms with Gasteiger partial charge in [0, 0.05) is 12.6 Å². The summed E-state index contributed by atoms with van der Waals surface area (Å²) in [4.78, 5) is 13.4. The molecule has 5 heteroatoms. The summed E-state index contributed by atoms with van der Waals surface area (Å²) in [5, 5.41) is 12.6. The Morgan fingerprint density at radius 3 is 2.29 bits per heavy atom. The molecular formula is C12H26N2O3. The van der Waals surface area contributed by atoms with Crippen molar-refractivity contribution in [2.24, 2.45) is 0 Å². The number of carbonyl (C=O) groups is 1. The molecule has 17 heavy (non-hydrogen) atoms. The summed E-state index contributed by atoms with van der Waals surface area (Å²) < 4.78 is 5.30. The Bertz CT molecular complexity index is 236. The Labute approximate surface area is 104 Å². The number of amides is 1. The number of ether oxygens (including phenoxy) is 1. The van der Waals surface area contributed by atoms with Gasteiger partial charge in [0.15, 0.2) is 0 Å². The summed E-state index contributed by atoms with van der Waals surface area (Å²) in [7, 11) is 1.76. The lowest BCUT2D eigenvalue weighted by molar-refractivity contribution is 0.00776. The van der Waals surface area contributed by atoms with Gasteiger partial charge in [0.25, 0.3) is 0 Å². The van der Waals surface area contributed by atoms with Gasteiger partial charge in [0.2, 0.25) is 0 Å². The molecule has 0 aromatic rings. The second kappa shape index (κ2) is 6.81. The molecule has 0 aliphatic carbocycles. The van der Waals surface area contributed by atoms with Gasteiger partial charge in [-0.15, -0.1) is 0 Å². The highest BCUT2D eigenvalue weighted by molar-refractivity contribution is 5.68. The van der Waals surface area contributed by atoms with Crippen molar-refractivity contribution in [2.75, 3.05) is 20.1 Å². The zero-order valence-corrected chi connectivity index (χ0v) is 11.8. The maximum atomic E-state index is 11.9. The molecule has 0 spiro atoms. The largest absolute Gasteiger partial charge is 0.444 e. The molecule has 1 unspecified atom stereocenters. The van der Waals surface area contributed by atoms with Crippen LogP contribution in [0.5, 0.6) is 0 Å². The van der Waals surface area contributed by atoms with Crippen LogP contribution in [0.15, 0.2) is 0 Å². The Balaban J connectivity index is 4.47. The number of nitrogens with zero attached hydrogens (tertiary/aromatic N) is 1. The van der Waals surface area contributed by atoms with Crippen molar-refractivity contribution in [3.05, 3.63) is 0 Å². The Kier molecular flexibility index (Phi) is 6.49. The second-order valence-corrected chi connectivity index (χ2v) is 5.44. The van der Waals surface area contributed by atoms with Crippen LogP contribution in [0.25, 0.3) is 0 Å². The van der Waals surface area contributed by atoms with E-state index in [9.17, 15) is 9.90 Å². The van der Waals surface area contributed by atoms with Crippen molar-refractivity contribution in [2.45, 2.75) is 52.4 Å². The van der Waals surface area contributed by atoms with Gasteiger partial charge in [-0.3, -0.25) is 0 Å². The lowest BCUT2D eigenvalue weighted by atomic mass is 10.2. The van der Waals surface area contributed by atoms with Crippen molar-refractivity contribution in [3.8, 4) is 0 Å². The first-order chi connectivity index (χ1) is 7.67. The van der Waals surface area contributed by atoms with Crippen molar-refractivity contribution < 1.29 is 14.6 Å². The fraction of sp³-hybridized carbons (Fsp3) is 0.917. The molecule has 2 N–H and O–H groups in total. The number of carbonyl (C=O) groups excluding carboxylic acids is 1. The van der Waals surface area contributed by atoms with Crippen molar-refractivity contribution in [3.63, 3.8) is 0 Å². The van der Waals surface area contributed by atoms with E-state index in [0.29, 0.717) is 6.54 Å². The lowest BCUT2D eigenvalue weighted by Crippen LogP contribution is -2.46. The lowest BCUT2D eigenvalue weighted by Gasteiger charge is -2.31. The zero-order valence-electron chi connectivity index (χ0n) is 11.8. The van der Waals surface area contributed by atoms with Gasteiger partial charge >= 0.3 is 6.09 Å². The highest BCUT2D eigenvalue weighted by atomic mass is 16.6. The van der Waals surface area contributed by atoms with Crippen LogP contribution in [-0.4, -0.2) is 54.0 Å². The molecule has 1 amide bonds. The van der Waals surface area contributed by atoms with Crippen LogP contribution >= 0.6 is 0 Å². The molecule has 0 saturated carbocycles. The number of rotatable bonds is 5. The predicted octanol–water partition coefficient (Wildman–Crippen LogP) is 1.21. The number of hydrogen-bond donors (Lipinski definition) is 2. The summed E-state index contributed by atoms with van der Waals surface area (Å²) in [6, 6.07) is -0.00337. The normalized spacial score (nSPS) is 13.6. The van der Waals surface area contributed by atoms with Crippen molar-refractivity contribution in [1.82, 2.24) is 10.2 Å². The molecule has 0 rings (SSSR count). The summed E-state index contributed by atoms with van der Waals surface area (Å²) in [6.45, 7) is 10.00. The van der Waals surface area contributed by atoms with Gasteiger partial charge in [-0.25, -0.2) is 4.79 Å². The molecule has 0 aliphatic heterocycles. The topological polar surface area (TPSA) is 61.8 Å². The first-order valence-electron chi connectivity index (χ1n) is 5.99. The first-order valence-corrected chi connectivity index (χ1v) is 5.99. The third-order valence-corrected chi connectivity index (χ3v) is 2.10. The molecule has 0 fully saturated rings. The highest BCUT2D eigenvalue weighted by Gasteiger charge is 2.25. The van der Waals surface area contributed by atoms with Crippen LogP contribution in [-0.2, 0) is 4.74 Å². The number of nitrogens with one attached hydrogen (secondary N) is 1. The van der Waals surface area contributed by atoms with Gasteiger partial charge < -0.3 is 20.1 Å². The molecule has 1 atom stereocenters. The average Bonchev–Trinajstić information content (AvgIpc) is 2.11. The Hall–Kier alpha value is -0.810. The smallest absolute Gasteiger partial charge is 0.410 e. The van der Waals surface area contributed by atoms with Gasteiger partial charge in [-0.05, 0) is 41.7 Å². The van der Waals surface area contributed by atoms with E-state index in [0.717, 1.165) is 0 Å². The maximum Gasteiger partial charge on any atom is 0.410 e. The van der Waals surface area contributed by atoms with E-state index in [-0.39, 0.29) is 18.7 Å². The first kappa shape index (κ1) is 16.2. The van der Waals surface area contributed by atoms with Crippen LogP contribution in [0.3, 0.4) is 0 Å². The molecule has 5 nitrogen and oxygen atoms in total. The zero-order chi connectivity index (χ0) is 13.6. The molecule has 0 aromatic carbocycles. The van der Waals surface area contributed by atoms with E-state index in [1.54, 1.807) is 7.05 Å². The quantitative estimate of drug-likeness (QED) is 0.765. The van der Waals surface area contributed by atoms with Crippen LogP contribution in [0.1, 0.15) is 34.6 Å². The average molecular weight is 246 g/mol. The fourth-order valence-electron chi connectivity index (χ4n) is 1.34. The van der Waals surface area contributed by atoms with Crippen LogP contribution < -0.4 is 5.32 Å². The minimum Gasteiger partial charge on any atom is -0.444 e. The van der Waals surface area contributed by atoms with E-state index in [1.165, 1.54) is 4.90 Å². The van der Waals surface area contributed by atoms with Gasteiger partial charge in [-0.1, -0.05) is 0 Å². The molecule has 0 aliphatic rings. The van der Waals surface area contributed by atoms with Crippen molar-refractivity contribution in [1.29, 1.82) is 0 Å². The third kappa shape index (κ3) is 7.18. The molecule has 102 valence electrons. The molecular weight excluding hydrogens is 220 g/mol. The third-order valence-electron chi connectivity index (χ3n) is 2.10. The molecule has 0 radical (unpaired) electrons. The summed E-state index contributed by atoms with van der Waals surface area (Å²) in [5.41, 5.74) is -0.516. The van der Waals surface area contributed by atoms with Gasteiger partial charge in [-0.2, -0.15) is 0 Å². The van der Waals surface area contributed by atoms with E-state index in [1.807, 2.05) is 34.6 Å². The van der Waals surface area contributed by atoms with E-state index in [2.05, 4.69) is 5.32 Å². The summed E-state index contributed by atoms with van der Waals surface area (Å²) in [5.74, 6) is 0. The second-order valence-electron chi connectivity index (χ2n) is 5.44. The number of hydrogen-bond acceptors (Lipinski definition) is 4. The monoisotopic (exact) mass is 246 g/mol. The van der Waals surface area contributed by atoms with E-state index < -0.39 is 11.7 Å². The van der Waals surface area contributed by atoms with Crippen molar-refractivity contribution >= 4 is 6.09 Å². The Morgan fingerprint density at radius 1 is 1.41 bits per heavy atom. The van der Waals surface area contributed by atoms with Gasteiger partial charge in [0.05, 0.1) is 12.6 Å². The Morgan fingerprint density at radius 2 is 1.94 bits per heavy atom. The van der Waals surface area contributed by atoms with E-state index in [4.69, 9.17) is 4.74 Å². The molecule has 0 heterocycles. The predicted molar refractivity (Wildman–Crippen MR) is 68.0 cm³/mol. The fourth-order valence-corrected chi connectivity index (χ4v) is 1.34. The van der Waals surface area contributed by atoms with Crippen LogP contribution in [0, 0.1) is 0 Å². The molecule has 0 saturated heterocycles. The van der Waals surface area contributed by atoms with Crippen LogP contribution in [0.2, 0.25) is 0 Å². The molecule has 0 bridgehead atoms. The highest BCUT2D eigenvalue weighted by Crippen LogP contribution is 2.12. The number of aliphatic hydroxyl groups excluding tert-OH is 1. The minimum absolute atomic E-state index is 0.00337. The van der Waals surface area contributed by atoms with Crippen LogP contribution in [0.4, 0.5) is 4.79 Å². The van der Waals surface area contributed by atoms with Gasteiger partial charge in [0.1, 0.15) is 5.60 Å².